The Morgan fingerprint density at radius 3 is 2.75 bits per heavy atom. The first-order chi connectivity index (χ1) is 9.70. The van der Waals surface area contributed by atoms with Crippen molar-refractivity contribution in [1.82, 2.24) is 5.32 Å². The summed E-state index contributed by atoms with van der Waals surface area (Å²) in [4.78, 5) is 11.8. The van der Waals surface area contributed by atoms with E-state index >= 15 is 0 Å². The fourth-order valence-electron chi connectivity index (χ4n) is 1.92. The van der Waals surface area contributed by atoms with Crippen LogP contribution in [0.25, 0.3) is 0 Å². The van der Waals surface area contributed by atoms with Crippen LogP contribution in [0.5, 0.6) is 0 Å². The number of nitro groups is 1. The maximum atomic E-state index is 11.0. The van der Waals surface area contributed by atoms with Crippen LogP contribution in [0.1, 0.15) is 11.1 Å². The van der Waals surface area contributed by atoms with Gasteiger partial charge in [0, 0.05) is 28.8 Å². The number of thioether (sulfide) groups is 1. The molecule has 0 amide bonds. The highest BCUT2D eigenvalue weighted by atomic mass is 32.2. The molecular weight excluding hydrogens is 272 g/mol. The first kappa shape index (κ1) is 14.6. The average Bonchev–Trinajstić information content (AvgIpc) is 2.46. The Morgan fingerprint density at radius 2 is 2.00 bits per heavy atom. The number of benzene rings is 2. The predicted octanol–water partition coefficient (Wildman–Crippen LogP) is 3.61. The number of rotatable bonds is 6. The minimum Gasteiger partial charge on any atom is -0.316 e. The van der Waals surface area contributed by atoms with Crippen molar-refractivity contribution < 1.29 is 4.92 Å². The number of nitrogens with one attached hydrogen (secondary N) is 1. The molecule has 0 radical (unpaired) electrons. The van der Waals surface area contributed by atoms with E-state index in [0.717, 1.165) is 17.0 Å². The molecule has 2 aromatic rings. The number of hydrogen-bond acceptors (Lipinski definition) is 4. The molecule has 0 spiro atoms. The zero-order valence-corrected chi connectivity index (χ0v) is 12.0. The number of nitrogens with zero attached hydrogens (tertiary/aromatic N) is 1. The van der Waals surface area contributed by atoms with Crippen LogP contribution in [-0.2, 0) is 12.3 Å². The molecule has 0 unspecified atom stereocenters. The molecule has 2 aromatic carbocycles. The van der Waals surface area contributed by atoms with Gasteiger partial charge < -0.3 is 5.32 Å². The second-order valence-electron chi connectivity index (χ2n) is 4.35. The second-order valence-corrected chi connectivity index (χ2v) is 5.40. The van der Waals surface area contributed by atoms with Crippen molar-refractivity contribution in [2.75, 3.05) is 7.05 Å². The highest BCUT2D eigenvalue weighted by Crippen LogP contribution is 2.28. The lowest BCUT2D eigenvalue weighted by molar-refractivity contribution is -0.385. The Morgan fingerprint density at radius 1 is 1.20 bits per heavy atom. The SMILES string of the molecule is CNCc1cccc(SCc2ccccc2[N+](=O)[O-])c1. The summed E-state index contributed by atoms with van der Waals surface area (Å²) in [6.45, 7) is 0.819. The maximum Gasteiger partial charge on any atom is 0.273 e. The Balaban J connectivity index is 2.09. The summed E-state index contributed by atoms with van der Waals surface area (Å²) in [7, 11) is 1.91. The standard InChI is InChI=1S/C15H16N2O2S/c1-16-10-12-5-4-7-14(9-12)20-11-13-6-2-3-8-15(13)17(18)19/h2-9,16H,10-11H2,1H3. The van der Waals surface area contributed by atoms with E-state index in [1.54, 1.807) is 23.9 Å². The van der Waals surface area contributed by atoms with Gasteiger partial charge in [-0.15, -0.1) is 11.8 Å². The van der Waals surface area contributed by atoms with Crippen LogP contribution in [0.2, 0.25) is 0 Å². The fraction of sp³-hybridized carbons (Fsp3) is 0.200. The molecule has 0 saturated heterocycles. The molecule has 104 valence electrons. The van der Waals surface area contributed by atoms with Crippen LogP contribution in [-0.4, -0.2) is 12.0 Å². The molecule has 0 aliphatic heterocycles. The first-order valence-electron chi connectivity index (χ1n) is 6.29. The van der Waals surface area contributed by atoms with Crippen molar-refractivity contribution in [3.05, 3.63) is 69.8 Å². The smallest absolute Gasteiger partial charge is 0.273 e. The molecule has 0 bridgehead atoms. The molecule has 20 heavy (non-hydrogen) atoms. The van der Waals surface area contributed by atoms with Gasteiger partial charge in [0.15, 0.2) is 0 Å². The summed E-state index contributed by atoms with van der Waals surface area (Å²) in [5.74, 6) is 0.597. The van der Waals surface area contributed by atoms with Gasteiger partial charge in [-0.05, 0) is 24.7 Å². The summed E-state index contributed by atoms with van der Waals surface area (Å²) in [6.07, 6.45) is 0. The van der Waals surface area contributed by atoms with Crippen LogP contribution >= 0.6 is 11.8 Å². The quantitative estimate of drug-likeness (QED) is 0.501. The van der Waals surface area contributed by atoms with Crippen molar-refractivity contribution in [3.8, 4) is 0 Å². The normalized spacial score (nSPS) is 10.4. The highest BCUT2D eigenvalue weighted by molar-refractivity contribution is 7.98. The summed E-state index contributed by atoms with van der Waals surface area (Å²) >= 11 is 1.61. The van der Waals surface area contributed by atoms with E-state index in [1.165, 1.54) is 5.56 Å². The minimum absolute atomic E-state index is 0.186. The first-order valence-corrected chi connectivity index (χ1v) is 7.28. The van der Waals surface area contributed by atoms with Gasteiger partial charge in [-0.1, -0.05) is 30.3 Å². The number of hydrogen-bond donors (Lipinski definition) is 1. The van der Waals surface area contributed by atoms with E-state index < -0.39 is 0 Å². The molecule has 0 atom stereocenters. The molecule has 4 nitrogen and oxygen atoms in total. The summed E-state index contributed by atoms with van der Waals surface area (Å²) in [5.41, 5.74) is 2.15. The van der Waals surface area contributed by atoms with E-state index in [4.69, 9.17) is 0 Å². The van der Waals surface area contributed by atoms with Crippen molar-refractivity contribution in [2.45, 2.75) is 17.2 Å². The molecule has 0 aliphatic rings. The second kappa shape index (κ2) is 7.07. The molecule has 1 N–H and O–H groups in total. The fourth-order valence-corrected chi connectivity index (χ4v) is 2.90. The molecular formula is C15H16N2O2S. The molecule has 0 heterocycles. The topological polar surface area (TPSA) is 55.2 Å². The van der Waals surface area contributed by atoms with Gasteiger partial charge in [0.2, 0.25) is 0 Å². The third-order valence-corrected chi connectivity index (χ3v) is 3.90. The Hall–Kier alpha value is -1.85. The third-order valence-electron chi connectivity index (χ3n) is 2.86. The van der Waals surface area contributed by atoms with Crippen molar-refractivity contribution in [3.63, 3.8) is 0 Å². The highest BCUT2D eigenvalue weighted by Gasteiger charge is 2.12. The van der Waals surface area contributed by atoms with Crippen LogP contribution in [0.15, 0.2) is 53.4 Å². The van der Waals surface area contributed by atoms with Crippen molar-refractivity contribution >= 4 is 17.4 Å². The Kier molecular flexibility index (Phi) is 5.15. The van der Waals surface area contributed by atoms with Crippen LogP contribution in [0.3, 0.4) is 0 Å². The zero-order valence-electron chi connectivity index (χ0n) is 11.2. The lowest BCUT2D eigenvalue weighted by Crippen LogP contribution is -2.04. The average molecular weight is 288 g/mol. The van der Waals surface area contributed by atoms with Crippen molar-refractivity contribution in [2.24, 2.45) is 0 Å². The predicted molar refractivity (Wildman–Crippen MR) is 81.9 cm³/mol. The molecule has 0 fully saturated rings. The Labute approximate surface area is 122 Å². The van der Waals surface area contributed by atoms with Gasteiger partial charge in [-0.2, -0.15) is 0 Å². The Bertz CT molecular complexity index is 602. The summed E-state index contributed by atoms with van der Waals surface area (Å²) < 4.78 is 0. The van der Waals surface area contributed by atoms with E-state index in [0.29, 0.717) is 5.75 Å². The van der Waals surface area contributed by atoms with E-state index in [-0.39, 0.29) is 10.6 Å². The minimum atomic E-state index is -0.326. The molecule has 0 aliphatic carbocycles. The van der Waals surface area contributed by atoms with Crippen LogP contribution in [0.4, 0.5) is 5.69 Å². The number of para-hydroxylation sites is 1. The number of nitro benzene ring substituents is 1. The van der Waals surface area contributed by atoms with Crippen molar-refractivity contribution in [1.29, 1.82) is 0 Å². The monoisotopic (exact) mass is 288 g/mol. The molecule has 2 rings (SSSR count). The summed E-state index contributed by atoms with van der Waals surface area (Å²) in [6, 6.07) is 15.1. The lowest BCUT2D eigenvalue weighted by Gasteiger charge is -2.05. The maximum absolute atomic E-state index is 11.0. The molecule has 0 saturated carbocycles. The molecule has 5 heteroatoms. The van der Waals surface area contributed by atoms with Gasteiger partial charge in [-0.25, -0.2) is 0 Å². The van der Waals surface area contributed by atoms with Crippen LogP contribution < -0.4 is 5.32 Å². The van der Waals surface area contributed by atoms with Gasteiger partial charge >= 0.3 is 0 Å². The summed E-state index contributed by atoms with van der Waals surface area (Å²) in [5, 5.41) is 14.1. The third kappa shape index (κ3) is 3.82. The van der Waals surface area contributed by atoms with E-state index in [1.807, 2.05) is 31.3 Å². The lowest BCUT2D eigenvalue weighted by atomic mass is 10.2. The van der Waals surface area contributed by atoms with Gasteiger partial charge in [0.05, 0.1) is 4.92 Å². The van der Waals surface area contributed by atoms with Gasteiger partial charge in [-0.3, -0.25) is 10.1 Å². The van der Waals surface area contributed by atoms with Crippen LogP contribution in [0, 0.1) is 10.1 Å². The van der Waals surface area contributed by atoms with Gasteiger partial charge in [0.1, 0.15) is 0 Å². The zero-order chi connectivity index (χ0) is 14.4. The largest absolute Gasteiger partial charge is 0.316 e. The van der Waals surface area contributed by atoms with Gasteiger partial charge in [0.25, 0.3) is 5.69 Å². The molecule has 0 aromatic heterocycles. The van der Waals surface area contributed by atoms with E-state index in [2.05, 4.69) is 17.4 Å². The van der Waals surface area contributed by atoms with E-state index in [9.17, 15) is 10.1 Å².